The molecule has 0 aliphatic rings. The highest BCUT2D eigenvalue weighted by atomic mass is 32.1. The zero-order valence-corrected chi connectivity index (χ0v) is 15.2. The van der Waals surface area contributed by atoms with Crippen LogP contribution in [0, 0.1) is 13.8 Å². The molecule has 0 atom stereocenters. The Hall–Kier alpha value is -2.39. The van der Waals surface area contributed by atoms with Gasteiger partial charge in [0.05, 0.1) is 10.7 Å². The van der Waals surface area contributed by atoms with E-state index in [2.05, 4.69) is 78.6 Å². The molecule has 1 aromatic heterocycles. The number of aryl methyl sites for hydroxylation is 3. The summed E-state index contributed by atoms with van der Waals surface area (Å²) in [5.74, 6) is 0. The molecule has 0 bridgehead atoms. The summed E-state index contributed by atoms with van der Waals surface area (Å²) in [5, 5.41) is 6.60. The fraction of sp³-hybridized carbons (Fsp3) is 0.190. The van der Waals surface area contributed by atoms with E-state index in [4.69, 9.17) is 0 Å². The molecule has 0 saturated heterocycles. The second kappa shape index (κ2) is 7.02. The lowest BCUT2D eigenvalue weighted by Gasteiger charge is -2.13. The SMILES string of the molecule is C=C(Nc1ccc(CC)c(C)c1)c1cccc(-c2csc(C)n2)c1. The average Bonchev–Trinajstić information content (AvgIpc) is 3.02. The number of thiazole rings is 1. The fourth-order valence-corrected chi connectivity index (χ4v) is 3.40. The molecule has 1 heterocycles. The molecule has 2 nitrogen and oxygen atoms in total. The maximum absolute atomic E-state index is 4.56. The molecule has 24 heavy (non-hydrogen) atoms. The molecule has 122 valence electrons. The van der Waals surface area contributed by atoms with E-state index in [0.717, 1.165) is 39.6 Å². The summed E-state index contributed by atoms with van der Waals surface area (Å²) >= 11 is 1.67. The van der Waals surface area contributed by atoms with Crippen molar-refractivity contribution in [3.63, 3.8) is 0 Å². The molecule has 3 heteroatoms. The number of rotatable bonds is 5. The molecule has 0 unspecified atom stereocenters. The van der Waals surface area contributed by atoms with Crippen LogP contribution in [0.5, 0.6) is 0 Å². The Labute approximate surface area is 147 Å². The Morgan fingerprint density at radius 2 is 2.00 bits per heavy atom. The Bertz CT molecular complexity index is 877. The van der Waals surface area contributed by atoms with E-state index in [1.807, 2.05) is 6.92 Å². The van der Waals surface area contributed by atoms with Crippen molar-refractivity contribution in [1.82, 2.24) is 4.98 Å². The molecule has 2 aromatic carbocycles. The molecule has 0 fully saturated rings. The molecule has 0 spiro atoms. The molecule has 1 N–H and O–H groups in total. The van der Waals surface area contributed by atoms with Crippen LogP contribution in [0.15, 0.2) is 54.4 Å². The predicted octanol–water partition coefficient (Wildman–Crippen LogP) is 6.07. The van der Waals surface area contributed by atoms with Crippen LogP contribution in [-0.4, -0.2) is 4.98 Å². The normalized spacial score (nSPS) is 10.6. The first-order valence-electron chi connectivity index (χ1n) is 8.15. The van der Waals surface area contributed by atoms with Crippen molar-refractivity contribution in [1.29, 1.82) is 0 Å². The highest BCUT2D eigenvalue weighted by molar-refractivity contribution is 7.09. The Morgan fingerprint density at radius 3 is 2.67 bits per heavy atom. The zero-order valence-electron chi connectivity index (χ0n) is 14.4. The van der Waals surface area contributed by atoms with Gasteiger partial charge in [0.2, 0.25) is 0 Å². The van der Waals surface area contributed by atoms with Gasteiger partial charge in [-0.2, -0.15) is 0 Å². The van der Waals surface area contributed by atoms with E-state index < -0.39 is 0 Å². The van der Waals surface area contributed by atoms with Gasteiger partial charge < -0.3 is 5.32 Å². The lowest BCUT2D eigenvalue weighted by molar-refractivity contribution is 1.11. The monoisotopic (exact) mass is 334 g/mol. The van der Waals surface area contributed by atoms with Crippen LogP contribution in [0.1, 0.15) is 28.6 Å². The molecule has 0 aliphatic heterocycles. The topological polar surface area (TPSA) is 24.9 Å². The quantitative estimate of drug-likeness (QED) is 0.612. The number of hydrogen-bond acceptors (Lipinski definition) is 3. The second-order valence-corrected chi connectivity index (χ2v) is 6.99. The number of nitrogens with zero attached hydrogens (tertiary/aromatic N) is 1. The molecule has 3 aromatic rings. The van der Waals surface area contributed by atoms with Crippen LogP contribution in [-0.2, 0) is 6.42 Å². The molecular weight excluding hydrogens is 312 g/mol. The summed E-state index contributed by atoms with van der Waals surface area (Å²) in [6.07, 6.45) is 1.06. The fourth-order valence-electron chi connectivity index (χ4n) is 2.78. The third-order valence-electron chi connectivity index (χ3n) is 4.14. The average molecular weight is 334 g/mol. The number of anilines is 1. The van der Waals surface area contributed by atoms with Crippen LogP contribution in [0.4, 0.5) is 5.69 Å². The van der Waals surface area contributed by atoms with Gasteiger partial charge in [-0.1, -0.05) is 37.8 Å². The van der Waals surface area contributed by atoms with Crippen molar-refractivity contribution in [3.8, 4) is 11.3 Å². The first-order chi connectivity index (χ1) is 11.6. The first kappa shape index (κ1) is 16.5. The molecule has 0 radical (unpaired) electrons. The summed E-state index contributed by atoms with van der Waals surface area (Å²) in [5.41, 5.74) is 7.88. The van der Waals surface area contributed by atoms with Crippen LogP contribution < -0.4 is 5.32 Å². The summed E-state index contributed by atoms with van der Waals surface area (Å²) in [7, 11) is 0. The van der Waals surface area contributed by atoms with E-state index in [-0.39, 0.29) is 0 Å². The maximum Gasteiger partial charge on any atom is 0.0901 e. The molecular formula is C21H22N2S. The minimum absolute atomic E-state index is 0.896. The van der Waals surface area contributed by atoms with Crippen molar-refractivity contribution < 1.29 is 0 Å². The molecule has 0 saturated carbocycles. The molecule has 0 aliphatic carbocycles. The molecule has 3 rings (SSSR count). The third-order valence-corrected chi connectivity index (χ3v) is 4.92. The number of nitrogens with one attached hydrogen (secondary N) is 1. The van der Waals surface area contributed by atoms with Gasteiger partial charge in [-0.05, 0) is 55.2 Å². The highest BCUT2D eigenvalue weighted by Crippen LogP contribution is 2.26. The van der Waals surface area contributed by atoms with E-state index in [0.29, 0.717) is 0 Å². The first-order valence-corrected chi connectivity index (χ1v) is 9.03. The number of hydrogen-bond donors (Lipinski definition) is 1. The number of benzene rings is 2. The largest absolute Gasteiger partial charge is 0.356 e. The van der Waals surface area contributed by atoms with Gasteiger partial charge in [-0.15, -0.1) is 11.3 Å². The van der Waals surface area contributed by atoms with Gasteiger partial charge in [0, 0.05) is 22.3 Å². The smallest absolute Gasteiger partial charge is 0.0901 e. The highest BCUT2D eigenvalue weighted by Gasteiger charge is 2.06. The van der Waals surface area contributed by atoms with Crippen LogP contribution in [0.25, 0.3) is 17.0 Å². The van der Waals surface area contributed by atoms with Gasteiger partial charge in [0.15, 0.2) is 0 Å². The zero-order chi connectivity index (χ0) is 17.1. The van der Waals surface area contributed by atoms with Crippen LogP contribution >= 0.6 is 11.3 Å². The summed E-state index contributed by atoms with van der Waals surface area (Å²) in [6.45, 7) is 10.6. The van der Waals surface area contributed by atoms with E-state index in [1.54, 1.807) is 11.3 Å². The lowest BCUT2D eigenvalue weighted by atomic mass is 10.0. The van der Waals surface area contributed by atoms with Crippen molar-refractivity contribution in [3.05, 3.63) is 76.1 Å². The van der Waals surface area contributed by atoms with Gasteiger partial charge in [0.1, 0.15) is 0 Å². The van der Waals surface area contributed by atoms with Gasteiger partial charge in [-0.25, -0.2) is 4.98 Å². The lowest BCUT2D eigenvalue weighted by Crippen LogP contribution is -1.99. The Morgan fingerprint density at radius 1 is 1.17 bits per heavy atom. The van der Waals surface area contributed by atoms with E-state index >= 15 is 0 Å². The van der Waals surface area contributed by atoms with Crippen molar-refractivity contribution >= 4 is 22.7 Å². The van der Waals surface area contributed by atoms with Gasteiger partial charge in [-0.3, -0.25) is 0 Å². The van der Waals surface area contributed by atoms with Crippen molar-refractivity contribution in [2.75, 3.05) is 5.32 Å². The van der Waals surface area contributed by atoms with Crippen LogP contribution in [0.2, 0.25) is 0 Å². The minimum Gasteiger partial charge on any atom is -0.356 e. The Kier molecular flexibility index (Phi) is 4.81. The van der Waals surface area contributed by atoms with Gasteiger partial charge >= 0.3 is 0 Å². The summed E-state index contributed by atoms with van der Waals surface area (Å²) in [6, 6.07) is 14.8. The van der Waals surface area contributed by atoms with Crippen molar-refractivity contribution in [2.24, 2.45) is 0 Å². The third kappa shape index (κ3) is 3.57. The Balaban J connectivity index is 1.81. The maximum atomic E-state index is 4.56. The number of aromatic nitrogens is 1. The standard InChI is InChI=1S/C21H22N2S/c1-5-17-9-10-20(11-14(17)2)22-15(3)18-7-6-8-19(12-18)21-13-24-16(4)23-21/h6-13,22H,3,5H2,1-2,4H3. The van der Waals surface area contributed by atoms with E-state index in [1.165, 1.54) is 11.1 Å². The summed E-state index contributed by atoms with van der Waals surface area (Å²) < 4.78 is 0. The predicted molar refractivity (Wildman–Crippen MR) is 106 cm³/mol. The summed E-state index contributed by atoms with van der Waals surface area (Å²) in [4.78, 5) is 4.56. The van der Waals surface area contributed by atoms with E-state index in [9.17, 15) is 0 Å². The van der Waals surface area contributed by atoms with Crippen molar-refractivity contribution in [2.45, 2.75) is 27.2 Å². The molecule has 0 amide bonds. The van der Waals surface area contributed by atoms with Crippen LogP contribution in [0.3, 0.4) is 0 Å². The second-order valence-electron chi connectivity index (χ2n) is 5.93. The minimum atomic E-state index is 0.896. The van der Waals surface area contributed by atoms with Gasteiger partial charge in [0.25, 0.3) is 0 Å².